The molecule has 1 heterocycles. The zero-order valence-corrected chi connectivity index (χ0v) is 15.2. The highest BCUT2D eigenvalue weighted by molar-refractivity contribution is 9.11. The number of thiazole rings is 1. The molecule has 2 aromatic rings. The van der Waals surface area contributed by atoms with E-state index in [4.69, 9.17) is 4.74 Å². The lowest BCUT2D eigenvalue weighted by Gasteiger charge is -2.07. The highest BCUT2D eigenvalue weighted by Gasteiger charge is 2.07. The number of anilines is 1. The van der Waals surface area contributed by atoms with E-state index < -0.39 is 0 Å². The van der Waals surface area contributed by atoms with Gasteiger partial charge >= 0.3 is 0 Å². The van der Waals surface area contributed by atoms with Crippen molar-refractivity contribution >= 4 is 54.5 Å². The van der Waals surface area contributed by atoms with Crippen LogP contribution in [0.15, 0.2) is 26.2 Å². The second kappa shape index (κ2) is 6.69. The SMILES string of the molecule is COc1c(Br)cc(Br)cc1/C=N\Nc1nc(C)c(C)s1. The first-order chi connectivity index (χ1) is 9.51. The molecule has 0 radical (unpaired) electrons. The van der Waals surface area contributed by atoms with Crippen molar-refractivity contribution in [3.05, 3.63) is 37.2 Å². The zero-order chi connectivity index (χ0) is 14.7. The van der Waals surface area contributed by atoms with E-state index in [0.29, 0.717) is 0 Å². The lowest BCUT2D eigenvalue weighted by Crippen LogP contribution is -1.95. The second-order valence-electron chi connectivity index (χ2n) is 4.04. The molecule has 0 aliphatic carbocycles. The number of hydrogen-bond acceptors (Lipinski definition) is 5. The maximum absolute atomic E-state index is 5.36. The molecule has 0 saturated heterocycles. The Hall–Kier alpha value is -0.920. The minimum absolute atomic E-state index is 0.741. The molecule has 0 aliphatic heterocycles. The molecule has 0 saturated carbocycles. The third kappa shape index (κ3) is 3.59. The molecule has 0 spiro atoms. The topological polar surface area (TPSA) is 46.5 Å². The average Bonchev–Trinajstić information content (AvgIpc) is 2.68. The summed E-state index contributed by atoms with van der Waals surface area (Å²) in [7, 11) is 1.63. The number of aryl methyl sites for hydroxylation is 2. The molecule has 0 amide bonds. The summed E-state index contributed by atoms with van der Waals surface area (Å²) in [6, 6.07) is 3.87. The number of nitrogens with one attached hydrogen (secondary N) is 1. The third-order valence-corrected chi connectivity index (χ3v) is 4.66. The number of aromatic nitrogens is 1. The van der Waals surface area contributed by atoms with Gasteiger partial charge in [0.2, 0.25) is 5.13 Å². The van der Waals surface area contributed by atoms with Crippen LogP contribution in [0, 0.1) is 13.8 Å². The smallest absolute Gasteiger partial charge is 0.203 e. The number of nitrogens with zero attached hydrogens (tertiary/aromatic N) is 2. The maximum Gasteiger partial charge on any atom is 0.203 e. The Morgan fingerprint density at radius 1 is 1.35 bits per heavy atom. The molecule has 0 atom stereocenters. The molecule has 0 fully saturated rings. The van der Waals surface area contributed by atoms with Crippen molar-refractivity contribution in [2.75, 3.05) is 12.5 Å². The largest absolute Gasteiger partial charge is 0.495 e. The van der Waals surface area contributed by atoms with Crippen molar-refractivity contribution in [1.82, 2.24) is 4.98 Å². The van der Waals surface area contributed by atoms with Gasteiger partial charge in [-0.2, -0.15) is 5.10 Å². The molecule has 106 valence electrons. The van der Waals surface area contributed by atoms with Crippen molar-refractivity contribution in [2.45, 2.75) is 13.8 Å². The molecule has 0 unspecified atom stereocenters. The average molecular weight is 419 g/mol. The van der Waals surface area contributed by atoms with Gasteiger partial charge in [-0.25, -0.2) is 4.98 Å². The highest BCUT2D eigenvalue weighted by atomic mass is 79.9. The predicted octanol–water partition coefficient (Wildman–Crippen LogP) is 4.74. The zero-order valence-electron chi connectivity index (χ0n) is 11.2. The molecule has 0 bridgehead atoms. The van der Waals surface area contributed by atoms with Crippen LogP contribution < -0.4 is 10.2 Å². The Kier molecular flexibility index (Phi) is 5.17. The van der Waals surface area contributed by atoms with Gasteiger partial charge in [0.05, 0.1) is 23.5 Å². The van der Waals surface area contributed by atoms with Crippen molar-refractivity contribution in [3.8, 4) is 5.75 Å². The van der Waals surface area contributed by atoms with Crippen LogP contribution >= 0.6 is 43.2 Å². The van der Waals surface area contributed by atoms with E-state index in [0.717, 1.165) is 31.1 Å². The van der Waals surface area contributed by atoms with Crippen molar-refractivity contribution < 1.29 is 4.74 Å². The summed E-state index contributed by atoms with van der Waals surface area (Å²) in [5.74, 6) is 0.741. The maximum atomic E-state index is 5.36. The van der Waals surface area contributed by atoms with Gasteiger partial charge in [0.1, 0.15) is 5.75 Å². The Bertz CT molecular complexity index is 636. The summed E-state index contributed by atoms with van der Waals surface area (Å²) >= 11 is 8.49. The Morgan fingerprint density at radius 3 is 2.70 bits per heavy atom. The first kappa shape index (κ1) is 15.5. The monoisotopic (exact) mass is 417 g/mol. The fourth-order valence-corrected chi connectivity index (χ4v) is 3.75. The van der Waals surface area contributed by atoms with E-state index in [1.807, 2.05) is 26.0 Å². The summed E-state index contributed by atoms with van der Waals surface area (Å²) in [6.07, 6.45) is 1.71. The number of ether oxygens (including phenoxy) is 1. The van der Waals surface area contributed by atoms with Crippen molar-refractivity contribution in [3.63, 3.8) is 0 Å². The molecule has 1 aromatic heterocycles. The van der Waals surface area contributed by atoms with Crippen LogP contribution in [-0.4, -0.2) is 18.3 Å². The molecule has 2 rings (SSSR count). The number of hydrogen-bond donors (Lipinski definition) is 1. The van der Waals surface area contributed by atoms with Crippen LogP contribution in [0.2, 0.25) is 0 Å². The van der Waals surface area contributed by atoms with E-state index in [1.54, 1.807) is 24.7 Å². The van der Waals surface area contributed by atoms with Gasteiger partial charge in [0.25, 0.3) is 0 Å². The van der Waals surface area contributed by atoms with Crippen LogP contribution in [0.5, 0.6) is 5.75 Å². The lowest BCUT2D eigenvalue weighted by atomic mass is 10.2. The van der Waals surface area contributed by atoms with Gasteiger partial charge in [-0.05, 0) is 41.9 Å². The molecule has 4 nitrogen and oxygen atoms in total. The fourth-order valence-electron chi connectivity index (χ4n) is 1.57. The van der Waals surface area contributed by atoms with Crippen LogP contribution in [0.4, 0.5) is 5.13 Å². The first-order valence-corrected chi connectivity index (χ1v) is 8.17. The van der Waals surface area contributed by atoms with Gasteiger partial charge in [0.15, 0.2) is 0 Å². The summed E-state index contributed by atoms with van der Waals surface area (Å²) in [5, 5.41) is 4.99. The van der Waals surface area contributed by atoms with E-state index in [9.17, 15) is 0 Å². The van der Waals surface area contributed by atoms with E-state index >= 15 is 0 Å². The number of benzene rings is 1. The van der Waals surface area contributed by atoms with Gasteiger partial charge in [-0.15, -0.1) is 11.3 Å². The molecule has 7 heteroatoms. The third-order valence-electron chi connectivity index (χ3n) is 2.63. The Labute approximate surface area is 138 Å². The summed E-state index contributed by atoms with van der Waals surface area (Å²) in [4.78, 5) is 5.55. The number of methoxy groups -OCH3 is 1. The standard InChI is InChI=1S/C13H13Br2N3OS/c1-7-8(2)20-13(17-7)18-16-6-9-4-10(14)5-11(15)12(9)19-3/h4-6H,1-3H3,(H,17,18)/b16-6-. The van der Waals surface area contributed by atoms with E-state index in [-0.39, 0.29) is 0 Å². The predicted molar refractivity (Wildman–Crippen MR) is 91.2 cm³/mol. The number of rotatable bonds is 4. The Morgan fingerprint density at radius 2 is 2.10 bits per heavy atom. The molecule has 0 aliphatic rings. The minimum Gasteiger partial charge on any atom is -0.495 e. The van der Waals surface area contributed by atoms with Gasteiger partial charge < -0.3 is 4.74 Å². The molecular formula is C13H13Br2N3OS. The summed E-state index contributed by atoms with van der Waals surface area (Å²) < 4.78 is 7.18. The first-order valence-electron chi connectivity index (χ1n) is 5.77. The molecule has 1 N–H and O–H groups in total. The van der Waals surface area contributed by atoms with Gasteiger partial charge in [-0.3, -0.25) is 5.43 Å². The highest BCUT2D eigenvalue weighted by Crippen LogP contribution is 2.31. The summed E-state index contributed by atoms with van der Waals surface area (Å²) in [6.45, 7) is 4.02. The number of halogens is 2. The van der Waals surface area contributed by atoms with Crippen LogP contribution in [-0.2, 0) is 0 Å². The normalized spacial score (nSPS) is 11.1. The van der Waals surface area contributed by atoms with Crippen molar-refractivity contribution in [2.24, 2.45) is 5.10 Å². The quantitative estimate of drug-likeness (QED) is 0.576. The fraction of sp³-hybridized carbons (Fsp3) is 0.231. The second-order valence-corrected chi connectivity index (χ2v) is 7.01. The minimum atomic E-state index is 0.741. The lowest BCUT2D eigenvalue weighted by molar-refractivity contribution is 0.411. The molecular weight excluding hydrogens is 406 g/mol. The van der Waals surface area contributed by atoms with Crippen LogP contribution in [0.3, 0.4) is 0 Å². The van der Waals surface area contributed by atoms with Gasteiger partial charge in [-0.1, -0.05) is 15.9 Å². The Balaban J connectivity index is 2.19. The van der Waals surface area contributed by atoms with Crippen LogP contribution in [0.25, 0.3) is 0 Å². The molecule has 20 heavy (non-hydrogen) atoms. The van der Waals surface area contributed by atoms with E-state index in [1.165, 1.54) is 4.88 Å². The number of hydrazone groups is 1. The van der Waals surface area contributed by atoms with Crippen LogP contribution in [0.1, 0.15) is 16.1 Å². The van der Waals surface area contributed by atoms with E-state index in [2.05, 4.69) is 47.4 Å². The molecule has 1 aromatic carbocycles. The van der Waals surface area contributed by atoms with Gasteiger partial charge in [0, 0.05) is 14.9 Å². The summed E-state index contributed by atoms with van der Waals surface area (Å²) in [5.41, 5.74) is 4.83. The van der Waals surface area contributed by atoms with Crippen molar-refractivity contribution in [1.29, 1.82) is 0 Å².